The molecule has 4 aromatic rings. The molecule has 0 unspecified atom stereocenters. The Kier molecular flexibility index (Phi) is 5.51. The first-order chi connectivity index (χ1) is 15.1. The highest BCUT2D eigenvalue weighted by Crippen LogP contribution is 2.32. The lowest BCUT2D eigenvalue weighted by molar-refractivity contribution is 0.0692. The summed E-state index contributed by atoms with van der Waals surface area (Å²) in [6.07, 6.45) is 2.81. The highest BCUT2D eigenvalue weighted by atomic mass is 16.5. The Balaban J connectivity index is 1.72. The van der Waals surface area contributed by atoms with Gasteiger partial charge in [0.25, 0.3) is 0 Å². The average molecular weight is 414 g/mol. The van der Waals surface area contributed by atoms with E-state index in [1.807, 2.05) is 42.5 Å². The van der Waals surface area contributed by atoms with Gasteiger partial charge in [-0.3, -0.25) is 0 Å². The summed E-state index contributed by atoms with van der Waals surface area (Å²) in [5.41, 5.74) is 2.41. The SMILES string of the molecule is COCc1c(C(=O)O)cn2ncc(C#N)c(Nc3ccc(Oc4ccccc4)cc3)c12. The third-order valence-corrected chi connectivity index (χ3v) is 4.65. The lowest BCUT2D eigenvalue weighted by Crippen LogP contribution is -2.03. The van der Waals surface area contributed by atoms with Crippen molar-refractivity contribution >= 4 is 22.9 Å². The van der Waals surface area contributed by atoms with Gasteiger partial charge in [-0.1, -0.05) is 18.2 Å². The summed E-state index contributed by atoms with van der Waals surface area (Å²) in [5.74, 6) is 0.293. The molecule has 0 fully saturated rings. The molecule has 4 rings (SSSR count). The number of rotatable bonds is 7. The van der Waals surface area contributed by atoms with E-state index in [2.05, 4.69) is 16.5 Å². The van der Waals surface area contributed by atoms with E-state index in [1.165, 1.54) is 24.0 Å². The maximum Gasteiger partial charge on any atom is 0.337 e. The van der Waals surface area contributed by atoms with Crippen LogP contribution in [-0.4, -0.2) is 27.8 Å². The topological polar surface area (TPSA) is 109 Å². The minimum Gasteiger partial charge on any atom is -0.478 e. The number of carboxylic acid groups (broad SMARTS) is 1. The quantitative estimate of drug-likeness (QED) is 0.455. The number of hydrogen-bond acceptors (Lipinski definition) is 6. The molecule has 0 saturated heterocycles. The molecular formula is C23H18N4O4. The predicted molar refractivity (Wildman–Crippen MR) is 114 cm³/mol. The molecule has 0 atom stereocenters. The van der Waals surface area contributed by atoms with Gasteiger partial charge in [-0.15, -0.1) is 0 Å². The Morgan fingerprint density at radius 1 is 1.16 bits per heavy atom. The number of nitriles is 1. The Morgan fingerprint density at radius 2 is 1.87 bits per heavy atom. The highest BCUT2D eigenvalue weighted by molar-refractivity contribution is 5.96. The van der Waals surface area contributed by atoms with Crippen LogP contribution in [0.5, 0.6) is 11.5 Å². The standard InChI is InChI=1S/C23H18N4O4/c1-30-14-20-19(23(28)29)13-27-22(20)21(15(11-24)12-25-27)26-16-7-9-18(10-8-16)31-17-5-3-2-4-6-17/h2-10,12-13,26H,14H2,1H3,(H,28,29). The van der Waals surface area contributed by atoms with Gasteiger partial charge in [0.1, 0.15) is 17.6 Å². The monoisotopic (exact) mass is 414 g/mol. The number of para-hydroxylation sites is 1. The molecule has 2 N–H and O–H groups in total. The van der Waals surface area contributed by atoms with Crippen molar-refractivity contribution in [1.82, 2.24) is 9.61 Å². The molecule has 31 heavy (non-hydrogen) atoms. The Morgan fingerprint density at radius 3 is 2.52 bits per heavy atom. The lowest BCUT2D eigenvalue weighted by Gasteiger charge is -2.13. The molecule has 2 aromatic carbocycles. The Bertz CT molecular complexity index is 1280. The number of carbonyl (C=O) groups is 1. The number of methoxy groups -OCH3 is 1. The van der Waals surface area contributed by atoms with E-state index < -0.39 is 5.97 Å². The Labute approximate surface area is 177 Å². The number of nitrogens with zero attached hydrogens (tertiary/aromatic N) is 3. The molecule has 0 spiro atoms. The summed E-state index contributed by atoms with van der Waals surface area (Å²) in [6, 6.07) is 18.8. The van der Waals surface area contributed by atoms with Crippen LogP contribution in [0.1, 0.15) is 21.5 Å². The number of aromatic carboxylic acids is 1. The van der Waals surface area contributed by atoms with Crippen molar-refractivity contribution in [3.8, 4) is 17.6 Å². The first-order valence-electron chi connectivity index (χ1n) is 9.36. The van der Waals surface area contributed by atoms with Crippen molar-refractivity contribution in [1.29, 1.82) is 5.26 Å². The van der Waals surface area contributed by atoms with Gasteiger partial charge in [-0.25, -0.2) is 9.31 Å². The number of ether oxygens (including phenoxy) is 2. The number of hydrogen-bond donors (Lipinski definition) is 2. The third-order valence-electron chi connectivity index (χ3n) is 4.65. The van der Waals surface area contributed by atoms with Crippen molar-refractivity contribution in [3.05, 3.63) is 83.7 Å². The van der Waals surface area contributed by atoms with Crippen LogP contribution < -0.4 is 10.1 Å². The van der Waals surface area contributed by atoms with E-state index in [-0.39, 0.29) is 17.7 Å². The van der Waals surface area contributed by atoms with E-state index in [1.54, 1.807) is 12.1 Å². The van der Waals surface area contributed by atoms with Crippen LogP contribution in [0, 0.1) is 11.3 Å². The van der Waals surface area contributed by atoms with Crippen LogP contribution in [0.2, 0.25) is 0 Å². The lowest BCUT2D eigenvalue weighted by atomic mass is 10.1. The zero-order valence-electron chi connectivity index (χ0n) is 16.6. The van der Waals surface area contributed by atoms with Crippen molar-refractivity contribution in [3.63, 3.8) is 0 Å². The van der Waals surface area contributed by atoms with Crippen LogP contribution in [0.3, 0.4) is 0 Å². The first-order valence-corrected chi connectivity index (χ1v) is 9.36. The molecule has 154 valence electrons. The maximum absolute atomic E-state index is 11.7. The summed E-state index contributed by atoms with van der Waals surface area (Å²) >= 11 is 0. The molecule has 0 bridgehead atoms. The summed E-state index contributed by atoms with van der Waals surface area (Å²) in [7, 11) is 1.48. The normalized spacial score (nSPS) is 10.6. The molecular weight excluding hydrogens is 396 g/mol. The molecule has 0 aliphatic carbocycles. The second kappa shape index (κ2) is 8.57. The fraction of sp³-hybridized carbons (Fsp3) is 0.0870. The first kappa shape index (κ1) is 19.9. The average Bonchev–Trinajstić information content (AvgIpc) is 3.15. The van der Waals surface area contributed by atoms with Crippen molar-refractivity contribution in [2.45, 2.75) is 6.61 Å². The summed E-state index contributed by atoms with van der Waals surface area (Å²) in [6.45, 7) is 0.0627. The molecule has 2 aromatic heterocycles. The fourth-order valence-electron chi connectivity index (χ4n) is 3.26. The molecule has 0 aliphatic heterocycles. The molecule has 8 heteroatoms. The number of carboxylic acids is 1. The summed E-state index contributed by atoms with van der Waals surface area (Å²) in [5, 5.41) is 26.5. The second-order valence-electron chi connectivity index (χ2n) is 6.66. The van der Waals surface area contributed by atoms with Crippen LogP contribution in [-0.2, 0) is 11.3 Å². The van der Waals surface area contributed by atoms with Crippen molar-refractivity contribution in [2.24, 2.45) is 0 Å². The zero-order valence-corrected chi connectivity index (χ0v) is 16.6. The molecule has 8 nitrogen and oxygen atoms in total. The largest absolute Gasteiger partial charge is 0.478 e. The number of anilines is 2. The van der Waals surface area contributed by atoms with Crippen molar-refractivity contribution < 1.29 is 19.4 Å². The zero-order chi connectivity index (χ0) is 21.8. The van der Waals surface area contributed by atoms with Gasteiger partial charge in [-0.05, 0) is 36.4 Å². The van der Waals surface area contributed by atoms with Gasteiger partial charge in [-0.2, -0.15) is 10.4 Å². The highest BCUT2D eigenvalue weighted by Gasteiger charge is 2.21. The van der Waals surface area contributed by atoms with Gasteiger partial charge in [0.2, 0.25) is 0 Å². The second-order valence-corrected chi connectivity index (χ2v) is 6.66. The van der Waals surface area contributed by atoms with Crippen molar-refractivity contribution in [2.75, 3.05) is 12.4 Å². The number of nitrogens with one attached hydrogen (secondary N) is 1. The molecule has 0 aliphatic rings. The molecule has 2 heterocycles. The smallest absolute Gasteiger partial charge is 0.337 e. The van der Waals surface area contributed by atoms with Gasteiger partial charge >= 0.3 is 5.97 Å². The number of benzene rings is 2. The minimum atomic E-state index is -1.09. The van der Waals surface area contributed by atoms with Gasteiger partial charge in [0, 0.05) is 24.6 Å². The number of fused-ring (bicyclic) bond motifs is 1. The van der Waals surface area contributed by atoms with Gasteiger partial charge in [0.15, 0.2) is 0 Å². The third kappa shape index (κ3) is 4.03. The van der Waals surface area contributed by atoms with Crippen LogP contribution in [0.15, 0.2) is 67.0 Å². The van der Waals surface area contributed by atoms with Gasteiger partial charge < -0.3 is 19.9 Å². The van der Waals surface area contributed by atoms with E-state index in [0.717, 1.165) is 5.75 Å². The molecule has 0 amide bonds. The van der Waals surface area contributed by atoms with Crippen LogP contribution >= 0.6 is 0 Å². The van der Waals surface area contributed by atoms with E-state index >= 15 is 0 Å². The van der Waals surface area contributed by atoms with E-state index in [4.69, 9.17) is 9.47 Å². The van der Waals surface area contributed by atoms with Crippen LogP contribution in [0.4, 0.5) is 11.4 Å². The fourth-order valence-corrected chi connectivity index (χ4v) is 3.26. The summed E-state index contributed by atoms with van der Waals surface area (Å²) < 4.78 is 12.4. The van der Waals surface area contributed by atoms with Crippen LogP contribution in [0.25, 0.3) is 5.52 Å². The van der Waals surface area contributed by atoms with E-state index in [0.29, 0.717) is 28.2 Å². The van der Waals surface area contributed by atoms with Gasteiger partial charge in [0.05, 0.1) is 35.1 Å². The Hall–Kier alpha value is -4.35. The molecule has 0 saturated carbocycles. The maximum atomic E-state index is 11.7. The van der Waals surface area contributed by atoms with E-state index in [9.17, 15) is 15.2 Å². The molecule has 0 radical (unpaired) electrons. The summed E-state index contributed by atoms with van der Waals surface area (Å²) in [4.78, 5) is 11.7. The number of aromatic nitrogens is 2. The minimum absolute atomic E-state index is 0.0627. The predicted octanol–water partition coefficient (Wildman–Crippen LogP) is 4.59.